The Labute approximate surface area is 199 Å². The van der Waals surface area contributed by atoms with Crippen LogP contribution in [0.15, 0.2) is 59.4 Å². The quantitative estimate of drug-likeness (QED) is 0.540. The summed E-state index contributed by atoms with van der Waals surface area (Å²) in [6, 6.07) is 18.8. The van der Waals surface area contributed by atoms with Crippen molar-refractivity contribution < 1.29 is 24.1 Å². The van der Waals surface area contributed by atoms with Crippen LogP contribution in [0, 0.1) is 17.2 Å². The van der Waals surface area contributed by atoms with E-state index in [2.05, 4.69) is 0 Å². The van der Waals surface area contributed by atoms with Gasteiger partial charge in [0.1, 0.15) is 17.6 Å². The molecule has 1 unspecified atom stereocenters. The lowest BCUT2D eigenvalue weighted by Crippen LogP contribution is -2.37. The molecule has 0 radical (unpaired) electrons. The van der Waals surface area contributed by atoms with Crippen LogP contribution in [0.3, 0.4) is 0 Å². The highest BCUT2D eigenvalue weighted by Gasteiger charge is 2.52. The maximum absolute atomic E-state index is 13.4. The predicted octanol–water partition coefficient (Wildman–Crippen LogP) is 2.77. The lowest BCUT2D eigenvalue weighted by Gasteiger charge is -2.21. The number of aromatic nitrogens is 1. The third-order valence-corrected chi connectivity index (χ3v) is 6.86. The van der Waals surface area contributed by atoms with Crippen LogP contribution in [0.2, 0.25) is 0 Å². The van der Waals surface area contributed by atoms with Crippen molar-refractivity contribution in [2.24, 2.45) is 5.92 Å². The number of ether oxygens (including phenoxy) is 3. The van der Waals surface area contributed by atoms with Gasteiger partial charge in [-0.2, -0.15) is 5.26 Å². The molecule has 2 aliphatic heterocycles. The average molecular weight is 481 g/mol. The number of para-hydroxylation sites is 1. The standard InChI is InChI=1S/C25H21ClN2O6/c26-20(25(30)31)17-12-32-23-19(13-33-22(17)23)34-21-15-8-4-5-9-18(15)28(24(29)16(21)10-27)11-14-6-2-1-3-7-14/h1-9,17,19-20,22-23H,11-13H2,(H,30,31)/t17-,19+,20?,22-,23+/m1/s1. The van der Waals surface area contributed by atoms with Crippen molar-refractivity contribution in [1.82, 2.24) is 4.57 Å². The van der Waals surface area contributed by atoms with Crippen molar-refractivity contribution >= 4 is 28.5 Å². The Morgan fingerprint density at radius 2 is 1.85 bits per heavy atom. The lowest BCUT2D eigenvalue weighted by molar-refractivity contribution is -0.138. The summed E-state index contributed by atoms with van der Waals surface area (Å²) in [5, 5.41) is 18.6. The molecule has 2 saturated heterocycles. The van der Waals surface area contributed by atoms with Gasteiger partial charge in [0.2, 0.25) is 0 Å². The zero-order chi connectivity index (χ0) is 23.8. The van der Waals surface area contributed by atoms with Crippen LogP contribution in [0.25, 0.3) is 10.9 Å². The first-order valence-electron chi connectivity index (χ1n) is 10.9. The Kier molecular flexibility index (Phi) is 6.00. The fraction of sp³-hybridized carbons (Fsp3) is 0.320. The summed E-state index contributed by atoms with van der Waals surface area (Å²) in [4.78, 5) is 24.7. The average Bonchev–Trinajstić information content (AvgIpc) is 3.44. The Bertz CT molecular complexity index is 1330. The molecule has 174 valence electrons. The van der Waals surface area contributed by atoms with Crippen LogP contribution in [0.5, 0.6) is 5.75 Å². The van der Waals surface area contributed by atoms with E-state index in [-0.39, 0.29) is 24.5 Å². The number of alkyl halides is 1. The van der Waals surface area contributed by atoms with Gasteiger partial charge >= 0.3 is 5.97 Å². The SMILES string of the molecule is N#Cc1c(O[C@H]2CO[C@H]3[C@H]2OC[C@@H]3C(Cl)C(=O)O)c2ccccc2n(Cc2ccccc2)c1=O. The summed E-state index contributed by atoms with van der Waals surface area (Å²) in [6.07, 6.45) is -1.71. The van der Waals surface area contributed by atoms with Crippen LogP contribution < -0.4 is 10.3 Å². The van der Waals surface area contributed by atoms with Crippen molar-refractivity contribution in [3.63, 3.8) is 0 Å². The summed E-state index contributed by atoms with van der Waals surface area (Å²) < 4.78 is 19.4. The zero-order valence-electron chi connectivity index (χ0n) is 18.0. The highest BCUT2D eigenvalue weighted by Crippen LogP contribution is 2.38. The molecule has 5 atom stereocenters. The van der Waals surface area contributed by atoms with E-state index in [0.29, 0.717) is 17.4 Å². The first-order valence-corrected chi connectivity index (χ1v) is 11.3. The van der Waals surface area contributed by atoms with Gasteiger partial charge in [0.25, 0.3) is 5.56 Å². The van der Waals surface area contributed by atoms with Crippen LogP contribution >= 0.6 is 11.6 Å². The number of carboxylic acids is 1. The van der Waals surface area contributed by atoms with Gasteiger partial charge in [-0.25, -0.2) is 0 Å². The summed E-state index contributed by atoms with van der Waals surface area (Å²) >= 11 is 6.04. The smallest absolute Gasteiger partial charge is 0.322 e. The molecule has 5 rings (SSSR count). The number of fused-ring (bicyclic) bond motifs is 2. The van der Waals surface area contributed by atoms with E-state index >= 15 is 0 Å². The van der Waals surface area contributed by atoms with Gasteiger partial charge in [-0.05, 0) is 17.7 Å². The summed E-state index contributed by atoms with van der Waals surface area (Å²) in [7, 11) is 0. The molecule has 2 aliphatic rings. The van der Waals surface area contributed by atoms with Crippen molar-refractivity contribution in [2.75, 3.05) is 13.2 Å². The molecule has 34 heavy (non-hydrogen) atoms. The highest BCUT2D eigenvalue weighted by molar-refractivity contribution is 6.29. The largest absolute Gasteiger partial charge is 0.483 e. The topological polar surface area (TPSA) is 111 Å². The number of carboxylic acid groups (broad SMARTS) is 1. The number of hydrogen-bond donors (Lipinski definition) is 1. The fourth-order valence-electron chi connectivity index (χ4n) is 4.70. The maximum Gasteiger partial charge on any atom is 0.322 e. The van der Waals surface area contributed by atoms with Crippen molar-refractivity contribution in [1.29, 1.82) is 5.26 Å². The molecule has 8 nitrogen and oxygen atoms in total. The Morgan fingerprint density at radius 1 is 1.15 bits per heavy atom. The zero-order valence-corrected chi connectivity index (χ0v) is 18.7. The molecule has 2 fully saturated rings. The molecule has 3 aromatic rings. The highest BCUT2D eigenvalue weighted by atomic mass is 35.5. The minimum absolute atomic E-state index is 0.103. The van der Waals surface area contributed by atoms with E-state index in [0.717, 1.165) is 5.56 Å². The third-order valence-electron chi connectivity index (χ3n) is 6.35. The molecular formula is C25H21ClN2O6. The number of hydrogen-bond acceptors (Lipinski definition) is 6. The summed E-state index contributed by atoms with van der Waals surface area (Å²) in [5.74, 6) is -1.48. The molecule has 0 spiro atoms. The minimum Gasteiger partial charge on any atom is -0.483 e. The Balaban J connectivity index is 1.52. The second-order valence-corrected chi connectivity index (χ2v) is 8.84. The number of pyridine rings is 1. The van der Waals surface area contributed by atoms with E-state index in [1.54, 1.807) is 10.6 Å². The maximum atomic E-state index is 13.4. The molecular weight excluding hydrogens is 460 g/mol. The number of carbonyl (C=O) groups is 1. The Hall–Kier alpha value is -3.38. The van der Waals surface area contributed by atoms with E-state index in [1.165, 1.54) is 0 Å². The Morgan fingerprint density at radius 3 is 2.59 bits per heavy atom. The lowest BCUT2D eigenvalue weighted by atomic mass is 9.97. The second kappa shape index (κ2) is 9.11. The molecule has 9 heteroatoms. The molecule has 3 heterocycles. The number of halogens is 1. The number of nitrogens with zero attached hydrogens (tertiary/aromatic N) is 2. The first-order chi connectivity index (χ1) is 16.5. The van der Waals surface area contributed by atoms with Crippen LogP contribution in [0.4, 0.5) is 0 Å². The fourth-order valence-corrected chi connectivity index (χ4v) is 4.92. The number of aliphatic carboxylic acids is 1. The van der Waals surface area contributed by atoms with Gasteiger partial charge in [-0.15, -0.1) is 11.6 Å². The first kappa shape index (κ1) is 22.4. The van der Waals surface area contributed by atoms with Crippen LogP contribution in [-0.4, -0.2) is 52.5 Å². The van der Waals surface area contributed by atoms with Crippen molar-refractivity contribution in [3.05, 3.63) is 76.1 Å². The van der Waals surface area contributed by atoms with Crippen molar-refractivity contribution in [2.45, 2.75) is 30.2 Å². The predicted molar refractivity (Wildman–Crippen MR) is 123 cm³/mol. The normalized spacial score (nSPS) is 24.5. The number of nitriles is 1. The molecule has 1 aromatic heterocycles. The monoisotopic (exact) mass is 480 g/mol. The number of rotatable bonds is 6. The molecule has 1 N–H and O–H groups in total. The molecule has 0 amide bonds. The van der Waals surface area contributed by atoms with Crippen molar-refractivity contribution in [3.8, 4) is 11.8 Å². The van der Waals surface area contributed by atoms with E-state index in [1.807, 2.05) is 54.6 Å². The van der Waals surface area contributed by atoms with Gasteiger partial charge in [-0.3, -0.25) is 9.59 Å². The summed E-state index contributed by atoms with van der Waals surface area (Å²) in [5.41, 5.74) is 1.01. The van der Waals surface area contributed by atoms with Gasteiger partial charge in [-0.1, -0.05) is 42.5 Å². The van der Waals surface area contributed by atoms with Crippen LogP contribution in [-0.2, 0) is 20.8 Å². The molecule has 0 aliphatic carbocycles. The van der Waals surface area contributed by atoms with Gasteiger partial charge in [0, 0.05) is 11.3 Å². The number of benzene rings is 2. The summed E-state index contributed by atoms with van der Waals surface area (Å²) in [6.45, 7) is 0.561. The third kappa shape index (κ3) is 3.82. The molecule has 2 aromatic carbocycles. The second-order valence-electron chi connectivity index (χ2n) is 8.37. The van der Waals surface area contributed by atoms with E-state index < -0.39 is 41.1 Å². The van der Waals surface area contributed by atoms with E-state index in [4.69, 9.17) is 25.8 Å². The minimum atomic E-state index is -1.15. The molecule has 0 bridgehead atoms. The van der Waals surface area contributed by atoms with Crippen LogP contribution in [0.1, 0.15) is 11.1 Å². The molecule has 0 saturated carbocycles. The van der Waals surface area contributed by atoms with Gasteiger partial charge in [0.05, 0.1) is 31.4 Å². The van der Waals surface area contributed by atoms with E-state index in [9.17, 15) is 20.0 Å². The van der Waals surface area contributed by atoms with Gasteiger partial charge < -0.3 is 23.9 Å². The van der Waals surface area contributed by atoms with Gasteiger partial charge in [0.15, 0.2) is 17.4 Å².